The number of hydrogen-bond donors (Lipinski definition) is 2. The molecule has 0 saturated carbocycles. The third kappa shape index (κ3) is 1.31. The van der Waals surface area contributed by atoms with E-state index in [1.165, 1.54) is 0 Å². The molecule has 1 aliphatic rings. The summed E-state index contributed by atoms with van der Waals surface area (Å²) in [5.74, 6) is 0. The molecule has 0 fully saturated rings. The predicted molar refractivity (Wildman–Crippen MR) is 61.4 cm³/mol. The molecular weight excluding hydrogens is 233 g/mol. The van der Waals surface area contributed by atoms with E-state index in [9.17, 15) is 0 Å². The van der Waals surface area contributed by atoms with E-state index < -0.39 is 0 Å². The van der Waals surface area contributed by atoms with Gasteiger partial charge in [-0.2, -0.15) is 5.10 Å². The lowest BCUT2D eigenvalue weighted by atomic mass is 10.0. The maximum atomic E-state index is 6.16. The fraction of sp³-hybridized carbons (Fsp3) is 0.100. The van der Waals surface area contributed by atoms with Crippen LogP contribution in [0.15, 0.2) is 18.3 Å². The average molecular weight is 240 g/mol. The molecule has 15 heavy (non-hydrogen) atoms. The molecule has 0 amide bonds. The molecule has 3 nitrogen and oxygen atoms in total. The number of anilines is 1. The molecule has 0 atom stereocenters. The predicted octanol–water partition coefficient (Wildman–Crippen LogP) is 3.31. The Morgan fingerprint density at radius 2 is 2.13 bits per heavy atom. The molecular formula is C10H7Cl2N3. The summed E-state index contributed by atoms with van der Waals surface area (Å²) < 4.78 is 0. The Kier molecular flexibility index (Phi) is 1.90. The van der Waals surface area contributed by atoms with E-state index in [1.807, 2.05) is 6.07 Å². The van der Waals surface area contributed by atoms with Gasteiger partial charge in [-0.1, -0.05) is 23.2 Å². The van der Waals surface area contributed by atoms with Crippen molar-refractivity contribution in [3.8, 4) is 11.3 Å². The largest absolute Gasteiger partial charge is 0.380 e. The van der Waals surface area contributed by atoms with Crippen molar-refractivity contribution in [2.45, 2.75) is 6.54 Å². The molecule has 1 aromatic heterocycles. The highest BCUT2D eigenvalue weighted by Gasteiger charge is 2.20. The van der Waals surface area contributed by atoms with E-state index in [2.05, 4.69) is 15.5 Å². The lowest BCUT2D eigenvalue weighted by Crippen LogP contribution is -2.07. The van der Waals surface area contributed by atoms with Crippen LogP contribution in [0, 0.1) is 0 Å². The first-order valence-electron chi connectivity index (χ1n) is 4.51. The molecule has 0 spiro atoms. The van der Waals surface area contributed by atoms with Crippen molar-refractivity contribution in [2.24, 2.45) is 0 Å². The Balaban J connectivity index is 2.32. The van der Waals surface area contributed by atoms with E-state index in [1.54, 1.807) is 12.3 Å². The van der Waals surface area contributed by atoms with Gasteiger partial charge in [0.25, 0.3) is 0 Å². The molecule has 0 saturated heterocycles. The summed E-state index contributed by atoms with van der Waals surface area (Å²) >= 11 is 12.1. The van der Waals surface area contributed by atoms with E-state index in [0.717, 1.165) is 29.1 Å². The van der Waals surface area contributed by atoms with Gasteiger partial charge in [-0.3, -0.25) is 5.10 Å². The normalized spacial score (nSPS) is 12.9. The molecule has 0 aliphatic carbocycles. The van der Waals surface area contributed by atoms with Crippen LogP contribution < -0.4 is 5.32 Å². The summed E-state index contributed by atoms with van der Waals surface area (Å²) in [4.78, 5) is 0. The molecule has 2 heterocycles. The molecule has 2 aromatic rings. The number of hydrogen-bond acceptors (Lipinski definition) is 2. The quantitative estimate of drug-likeness (QED) is 0.741. The molecule has 0 unspecified atom stereocenters. The number of fused-ring (bicyclic) bond motifs is 3. The molecule has 0 radical (unpaired) electrons. The average Bonchev–Trinajstić information content (AvgIpc) is 2.63. The summed E-state index contributed by atoms with van der Waals surface area (Å²) in [5.41, 5.74) is 3.99. The zero-order valence-electron chi connectivity index (χ0n) is 7.64. The molecule has 1 aromatic carbocycles. The van der Waals surface area contributed by atoms with E-state index in [4.69, 9.17) is 23.2 Å². The second-order valence-corrected chi connectivity index (χ2v) is 4.28. The SMILES string of the molecule is Clc1cc(Cl)c2c(c1)NCc1cn[nH]c1-2. The first kappa shape index (κ1) is 9.07. The lowest BCUT2D eigenvalue weighted by molar-refractivity contribution is 1.09. The van der Waals surface area contributed by atoms with E-state index in [-0.39, 0.29) is 0 Å². The van der Waals surface area contributed by atoms with Gasteiger partial charge in [0.2, 0.25) is 0 Å². The third-order valence-electron chi connectivity index (χ3n) is 2.49. The first-order valence-corrected chi connectivity index (χ1v) is 5.27. The number of H-pyrrole nitrogens is 1. The highest BCUT2D eigenvalue weighted by molar-refractivity contribution is 6.37. The van der Waals surface area contributed by atoms with Crippen LogP contribution in [0.4, 0.5) is 5.69 Å². The number of halogens is 2. The smallest absolute Gasteiger partial charge is 0.0735 e. The fourth-order valence-electron chi connectivity index (χ4n) is 1.82. The van der Waals surface area contributed by atoms with Crippen LogP contribution in [0.2, 0.25) is 10.0 Å². The number of nitrogens with one attached hydrogen (secondary N) is 2. The van der Waals surface area contributed by atoms with Gasteiger partial charge in [0.05, 0.1) is 16.9 Å². The summed E-state index contributed by atoms with van der Waals surface area (Å²) in [6.07, 6.45) is 1.80. The van der Waals surface area contributed by atoms with Crippen LogP contribution in [0.25, 0.3) is 11.3 Å². The Morgan fingerprint density at radius 3 is 3.00 bits per heavy atom. The monoisotopic (exact) mass is 239 g/mol. The van der Waals surface area contributed by atoms with Crippen LogP contribution in [0.3, 0.4) is 0 Å². The van der Waals surface area contributed by atoms with Crippen LogP contribution in [-0.4, -0.2) is 10.2 Å². The van der Waals surface area contributed by atoms with Crippen LogP contribution in [0.5, 0.6) is 0 Å². The van der Waals surface area contributed by atoms with Crippen LogP contribution in [0.1, 0.15) is 5.56 Å². The standard InChI is InChI=1S/C10H7Cl2N3/c11-6-1-7(12)9-8(2-6)13-3-5-4-14-15-10(5)9/h1-2,4,13H,3H2,(H,14,15). The fourth-order valence-corrected chi connectivity index (χ4v) is 2.41. The molecule has 0 bridgehead atoms. The minimum Gasteiger partial charge on any atom is -0.380 e. The highest BCUT2D eigenvalue weighted by atomic mass is 35.5. The second-order valence-electron chi connectivity index (χ2n) is 3.43. The highest BCUT2D eigenvalue weighted by Crippen LogP contribution is 2.40. The maximum absolute atomic E-state index is 6.16. The Labute approximate surface area is 96.4 Å². The van der Waals surface area contributed by atoms with Crippen molar-refractivity contribution >= 4 is 28.9 Å². The van der Waals surface area contributed by atoms with Gasteiger partial charge in [-0.05, 0) is 12.1 Å². The zero-order valence-corrected chi connectivity index (χ0v) is 9.15. The summed E-state index contributed by atoms with van der Waals surface area (Å²) in [6, 6.07) is 3.60. The van der Waals surface area contributed by atoms with Crippen molar-refractivity contribution in [3.63, 3.8) is 0 Å². The Morgan fingerprint density at radius 1 is 1.27 bits per heavy atom. The second kappa shape index (κ2) is 3.15. The summed E-state index contributed by atoms with van der Waals surface area (Å²) in [6.45, 7) is 0.746. The first-order chi connectivity index (χ1) is 7.25. The molecule has 2 N–H and O–H groups in total. The molecule has 5 heteroatoms. The number of rotatable bonds is 0. The van der Waals surface area contributed by atoms with Crippen molar-refractivity contribution in [3.05, 3.63) is 33.9 Å². The molecule has 76 valence electrons. The van der Waals surface area contributed by atoms with Crippen LogP contribution >= 0.6 is 23.2 Å². The Hall–Kier alpha value is -1.19. The van der Waals surface area contributed by atoms with Crippen molar-refractivity contribution < 1.29 is 0 Å². The van der Waals surface area contributed by atoms with Gasteiger partial charge in [0.1, 0.15) is 0 Å². The Bertz CT molecular complexity index is 533. The number of aromatic amines is 1. The van der Waals surface area contributed by atoms with E-state index >= 15 is 0 Å². The summed E-state index contributed by atoms with van der Waals surface area (Å²) in [5, 5.41) is 11.5. The minimum atomic E-state index is 0.634. The molecule has 1 aliphatic heterocycles. The van der Waals surface area contributed by atoms with Gasteiger partial charge in [-0.25, -0.2) is 0 Å². The van der Waals surface area contributed by atoms with E-state index in [0.29, 0.717) is 10.0 Å². The number of aromatic nitrogens is 2. The maximum Gasteiger partial charge on any atom is 0.0735 e. The number of nitrogens with zero attached hydrogens (tertiary/aromatic N) is 1. The van der Waals surface area contributed by atoms with Gasteiger partial charge in [0, 0.05) is 28.4 Å². The summed E-state index contributed by atoms with van der Waals surface area (Å²) in [7, 11) is 0. The lowest BCUT2D eigenvalue weighted by Gasteiger charge is -2.19. The zero-order chi connectivity index (χ0) is 10.4. The van der Waals surface area contributed by atoms with Gasteiger partial charge in [-0.15, -0.1) is 0 Å². The van der Waals surface area contributed by atoms with Gasteiger partial charge in [0.15, 0.2) is 0 Å². The minimum absolute atomic E-state index is 0.634. The van der Waals surface area contributed by atoms with Crippen molar-refractivity contribution in [2.75, 3.05) is 5.32 Å². The van der Waals surface area contributed by atoms with Crippen LogP contribution in [-0.2, 0) is 6.54 Å². The number of benzene rings is 1. The third-order valence-corrected chi connectivity index (χ3v) is 3.01. The van der Waals surface area contributed by atoms with Crippen molar-refractivity contribution in [1.29, 1.82) is 0 Å². The molecule has 3 rings (SSSR count). The van der Waals surface area contributed by atoms with Gasteiger partial charge >= 0.3 is 0 Å². The van der Waals surface area contributed by atoms with Crippen molar-refractivity contribution in [1.82, 2.24) is 10.2 Å². The topological polar surface area (TPSA) is 40.7 Å². The van der Waals surface area contributed by atoms with Gasteiger partial charge < -0.3 is 5.32 Å².